The SMILES string of the molecule is N#Cc1ccc(NCc2ccccc2CN)cn1. The predicted molar refractivity (Wildman–Crippen MR) is 70.6 cm³/mol. The van der Waals surface area contributed by atoms with Crippen LogP contribution in [-0.4, -0.2) is 4.98 Å². The van der Waals surface area contributed by atoms with Gasteiger partial charge in [-0.15, -0.1) is 0 Å². The first-order valence-electron chi connectivity index (χ1n) is 5.70. The predicted octanol–water partition coefficient (Wildman–Crippen LogP) is 2.02. The zero-order chi connectivity index (χ0) is 12.8. The number of nitrogens with two attached hydrogens (primary N) is 1. The Morgan fingerprint density at radius 2 is 1.94 bits per heavy atom. The van der Waals surface area contributed by atoms with E-state index >= 15 is 0 Å². The van der Waals surface area contributed by atoms with Crippen molar-refractivity contribution in [1.29, 1.82) is 5.26 Å². The Morgan fingerprint density at radius 1 is 1.17 bits per heavy atom. The van der Waals surface area contributed by atoms with E-state index in [9.17, 15) is 0 Å². The third kappa shape index (κ3) is 2.84. The summed E-state index contributed by atoms with van der Waals surface area (Å²) in [5.74, 6) is 0. The molecule has 4 heteroatoms. The lowest BCUT2D eigenvalue weighted by atomic mass is 10.1. The molecule has 0 unspecified atom stereocenters. The van der Waals surface area contributed by atoms with Gasteiger partial charge in [0.05, 0.1) is 11.9 Å². The summed E-state index contributed by atoms with van der Waals surface area (Å²) in [5, 5.41) is 11.9. The lowest BCUT2D eigenvalue weighted by Gasteiger charge is -2.09. The number of hydrogen-bond acceptors (Lipinski definition) is 4. The molecule has 0 aliphatic heterocycles. The van der Waals surface area contributed by atoms with Crippen LogP contribution >= 0.6 is 0 Å². The Morgan fingerprint density at radius 3 is 2.56 bits per heavy atom. The van der Waals surface area contributed by atoms with E-state index < -0.39 is 0 Å². The maximum absolute atomic E-state index is 8.66. The minimum Gasteiger partial charge on any atom is -0.380 e. The van der Waals surface area contributed by atoms with Crippen LogP contribution in [0.4, 0.5) is 5.69 Å². The van der Waals surface area contributed by atoms with Crippen molar-refractivity contribution in [3.8, 4) is 6.07 Å². The van der Waals surface area contributed by atoms with E-state index in [0.717, 1.165) is 11.3 Å². The van der Waals surface area contributed by atoms with E-state index in [-0.39, 0.29) is 0 Å². The molecule has 0 saturated heterocycles. The average Bonchev–Trinajstić information content (AvgIpc) is 2.46. The number of pyridine rings is 1. The molecule has 0 aliphatic rings. The van der Waals surface area contributed by atoms with Crippen LogP contribution in [0.5, 0.6) is 0 Å². The molecule has 0 fully saturated rings. The Bertz CT molecular complexity index is 555. The van der Waals surface area contributed by atoms with E-state index in [1.807, 2.05) is 36.4 Å². The highest BCUT2D eigenvalue weighted by Crippen LogP contribution is 2.12. The summed E-state index contributed by atoms with van der Waals surface area (Å²) in [6.07, 6.45) is 1.66. The van der Waals surface area contributed by atoms with Crippen LogP contribution in [0.15, 0.2) is 42.6 Å². The number of nitrogens with zero attached hydrogens (tertiary/aromatic N) is 2. The molecule has 0 bridgehead atoms. The van der Waals surface area contributed by atoms with Crippen LogP contribution in [0.25, 0.3) is 0 Å². The van der Waals surface area contributed by atoms with Crippen LogP contribution in [0.2, 0.25) is 0 Å². The van der Waals surface area contributed by atoms with Crippen molar-refractivity contribution in [3.63, 3.8) is 0 Å². The van der Waals surface area contributed by atoms with E-state index in [2.05, 4.69) is 10.3 Å². The first-order chi connectivity index (χ1) is 8.83. The number of hydrogen-bond donors (Lipinski definition) is 2. The molecule has 0 aliphatic carbocycles. The van der Waals surface area contributed by atoms with Crippen molar-refractivity contribution >= 4 is 5.69 Å². The van der Waals surface area contributed by atoms with E-state index in [1.54, 1.807) is 12.3 Å². The van der Waals surface area contributed by atoms with Gasteiger partial charge in [0.25, 0.3) is 0 Å². The fourth-order valence-electron chi connectivity index (χ4n) is 1.69. The molecule has 3 N–H and O–H groups in total. The van der Waals surface area contributed by atoms with Gasteiger partial charge in [-0.3, -0.25) is 0 Å². The fraction of sp³-hybridized carbons (Fsp3) is 0.143. The highest BCUT2D eigenvalue weighted by molar-refractivity contribution is 5.44. The molecule has 1 heterocycles. The summed E-state index contributed by atoms with van der Waals surface area (Å²) in [6.45, 7) is 1.23. The number of aromatic nitrogens is 1. The first kappa shape index (κ1) is 12.1. The van der Waals surface area contributed by atoms with Crippen LogP contribution in [0, 0.1) is 11.3 Å². The number of rotatable bonds is 4. The molecule has 0 radical (unpaired) electrons. The van der Waals surface area contributed by atoms with Gasteiger partial charge in [0.15, 0.2) is 0 Å². The highest BCUT2D eigenvalue weighted by atomic mass is 14.9. The van der Waals surface area contributed by atoms with Gasteiger partial charge in [0.1, 0.15) is 11.8 Å². The molecule has 2 rings (SSSR count). The maximum atomic E-state index is 8.66. The third-order valence-corrected chi connectivity index (χ3v) is 2.70. The van der Waals surface area contributed by atoms with Gasteiger partial charge >= 0.3 is 0 Å². The second-order valence-corrected chi connectivity index (χ2v) is 3.87. The van der Waals surface area contributed by atoms with Gasteiger partial charge < -0.3 is 11.1 Å². The summed E-state index contributed by atoms with van der Waals surface area (Å²) in [4.78, 5) is 4.00. The summed E-state index contributed by atoms with van der Waals surface area (Å²) < 4.78 is 0. The Kier molecular flexibility index (Phi) is 3.90. The van der Waals surface area contributed by atoms with Crippen molar-refractivity contribution in [3.05, 3.63) is 59.4 Å². The lowest BCUT2D eigenvalue weighted by molar-refractivity contribution is 1.01. The third-order valence-electron chi connectivity index (χ3n) is 2.70. The largest absolute Gasteiger partial charge is 0.380 e. The average molecular weight is 238 g/mol. The van der Waals surface area contributed by atoms with Gasteiger partial charge in [-0.05, 0) is 23.3 Å². The number of benzene rings is 1. The second kappa shape index (κ2) is 5.80. The number of nitrogens with one attached hydrogen (secondary N) is 1. The van der Waals surface area contributed by atoms with Gasteiger partial charge in [0.2, 0.25) is 0 Å². The van der Waals surface area contributed by atoms with Gasteiger partial charge in [-0.1, -0.05) is 24.3 Å². The summed E-state index contributed by atoms with van der Waals surface area (Å²) >= 11 is 0. The quantitative estimate of drug-likeness (QED) is 0.854. The van der Waals surface area contributed by atoms with Crippen LogP contribution in [-0.2, 0) is 13.1 Å². The molecule has 1 aromatic carbocycles. The Labute approximate surface area is 106 Å². The zero-order valence-corrected chi connectivity index (χ0v) is 9.93. The zero-order valence-electron chi connectivity index (χ0n) is 9.93. The van der Waals surface area contributed by atoms with Crippen LogP contribution in [0.3, 0.4) is 0 Å². The van der Waals surface area contributed by atoms with Gasteiger partial charge in [-0.2, -0.15) is 5.26 Å². The monoisotopic (exact) mass is 238 g/mol. The standard InChI is InChI=1S/C14H14N4/c15-7-11-3-1-2-4-12(11)9-17-14-6-5-13(8-16)18-10-14/h1-6,10,17H,7,9,15H2. The normalized spacial score (nSPS) is 9.78. The summed E-state index contributed by atoms with van der Waals surface area (Å²) in [5.41, 5.74) is 9.29. The van der Waals surface area contributed by atoms with Gasteiger partial charge in [-0.25, -0.2) is 4.98 Å². The number of anilines is 1. The molecular formula is C14H14N4. The van der Waals surface area contributed by atoms with Crippen LogP contribution in [0.1, 0.15) is 16.8 Å². The minimum atomic E-state index is 0.419. The molecule has 2 aromatic rings. The second-order valence-electron chi connectivity index (χ2n) is 3.87. The first-order valence-corrected chi connectivity index (χ1v) is 5.70. The molecule has 0 amide bonds. The lowest BCUT2D eigenvalue weighted by Crippen LogP contribution is -2.06. The molecule has 0 saturated carbocycles. The summed E-state index contributed by atoms with van der Waals surface area (Å²) in [6, 6.07) is 13.6. The minimum absolute atomic E-state index is 0.419. The maximum Gasteiger partial charge on any atom is 0.140 e. The van der Waals surface area contributed by atoms with E-state index in [1.165, 1.54) is 5.56 Å². The molecular weight excluding hydrogens is 224 g/mol. The molecule has 4 nitrogen and oxygen atoms in total. The molecule has 18 heavy (non-hydrogen) atoms. The van der Waals surface area contributed by atoms with Crippen molar-refractivity contribution in [1.82, 2.24) is 4.98 Å². The van der Waals surface area contributed by atoms with Crippen molar-refractivity contribution < 1.29 is 0 Å². The fourth-order valence-corrected chi connectivity index (χ4v) is 1.69. The van der Waals surface area contributed by atoms with E-state index in [0.29, 0.717) is 18.8 Å². The molecule has 0 spiro atoms. The smallest absolute Gasteiger partial charge is 0.140 e. The van der Waals surface area contributed by atoms with Crippen LogP contribution < -0.4 is 11.1 Å². The van der Waals surface area contributed by atoms with Crippen molar-refractivity contribution in [2.45, 2.75) is 13.1 Å². The topological polar surface area (TPSA) is 74.7 Å². The number of nitriles is 1. The Balaban J connectivity index is 2.04. The van der Waals surface area contributed by atoms with Gasteiger partial charge in [0, 0.05) is 13.1 Å². The molecule has 1 aromatic heterocycles. The molecule has 90 valence electrons. The molecule has 0 atom stereocenters. The Hall–Kier alpha value is -2.38. The van der Waals surface area contributed by atoms with Crippen molar-refractivity contribution in [2.75, 3.05) is 5.32 Å². The highest BCUT2D eigenvalue weighted by Gasteiger charge is 2.00. The van der Waals surface area contributed by atoms with E-state index in [4.69, 9.17) is 11.0 Å². The van der Waals surface area contributed by atoms with Crippen molar-refractivity contribution in [2.24, 2.45) is 5.73 Å². The summed E-state index contributed by atoms with van der Waals surface area (Å²) in [7, 11) is 0.